The predicted octanol–water partition coefficient (Wildman–Crippen LogP) is 4.63. The molecule has 2 aromatic rings. The van der Waals surface area contributed by atoms with Crippen LogP contribution in [0.3, 0.4) is 0 Å². The standard InChI is InChI=1S/C18H21NO/c1-3-13-19(15-16-9-6-5-7-10-16)17-11-8-12-18(14-17)20-4-2/h3,5-14H,4,15H2,1-2H3. The van der Waals surface area contributed by atoms with Crippen molar-refractivity contribution in [3.8, 4) is 5.75 Å². The molecular formula is C18H21NO. The minimum atomic E-state index is 0.686. The Hall–Kier alpha value is -2.22. The van der Waals surface area contributed by atoms with Crippen molar-refractivity contribution in [2.24, 2.45) is 0 Å². The summed E-state index contributed by atoms with van der Waals surface area (Å²) in [7, 11) is 0. The van der Waals surface area contributed by atoms with Gasteiger partial charge in [-0.3, -0.25) is 0 Å². The summed E-state index contributed by atoms with van der Waals surface area (Å²) < 4.78 is 5.57. The van der Waals surface area contributed by atoms with Gasteiger partial charge in [-0.05, 0) is 31.5 Å². The fourth-order valence-electron chi connectivity index (χ4n) is 2.11. The Morgan fingerprint density at radius 3 is 2.55 bits per heavy atom. The Kier molecular flexibility index (Phi) is 5.24. The van der Waals surface area contributed by atoms with Gasteiger partial charge in [-0.15, -0.1) is 0 Å². The number of rotatable bonds is 6. The van der Waals surface area contributed by atoms with E-state index in [1.165, 1.54) is 5.56 Å². The third-order valence-corrected chi connectivity index (χ3v) is 2.99. The second-order valence-electron chi connectivity index (χ2n) is 4.53. The molecule has 0 aliphatic rings. The van der Waals surface area contributed by atoms with Crippen molar-refractivity contribution in [3.63, 3.8) is 0 Å². The number of hydrogen-bond donors (Lipinski definition) is 0. The smallest absolute Gasteiger partial charge is 0.121 e. The van der Waals surface area contributed by atoms with Gasteiger partial charge in [-0.2, -0.15) is 0 Å². The molecule has 0 amide bonds. The molecule has 0 aliphatic heterocycles. The Bertz CT molecular complexity index is 548. The number of allylic oxidation sites excluding steroid dienone is 1. The first-order valence-electron chi connectivity index (χ1n) is 6.99. The van der Waals surface area contributed by atoms with Crippen LogP contribution in [0.5, 0.6) is 5.75 Å². The first-order valence-corrected chi connectivity index (χ1v) is 6.99. The van der Waals surface area contributed by atoms with E-state index in [2.05, 4.69) is 53.6 Å². The Morgan fingerprint density at radius 1 is 1.05 bits per heavy atom. The third-order valence-electron chi connectivity index (χ3n) is 2.99. The lowest BCUT2D eigenvalue weighted by atomic mass is 10.2. The van der Waals surface area contributed by atoms with Crippen molar-refractivity contribution in [1.82, 2.24) is 0 Å². The topological polar surface area (TPSA) is 12.5 Å². The van der Waals surface area contributed by atoms with Crippen LogP contribution < -0.4 is 9.64 Å². The van der Waals surface area contributed by atoms with Gasteiger partial charge in [0.25, 0.3) is 0 Å². The van der Waals surface area contributed by atoms with Crippen LogP contribution in [0.15, 0.2) is 66.9 Å². The quantitative estimate of drug-likeness (QED) is 0.757. The number of benzene rings is 2. The van der Waals surface area contributed by atoms with Crippen molar-refractivity contribution >= 4 is 5.69 Å². The molecule has 2 heteroatoms. The summed E-state index contributed by atoms with van der Waals surface area (Å²) in [6, 6.07) is 18.7. The third kappa shape index (κ3) is 3.89. The molecule has 0 radical (unpaired) electrons. The van der Waals surface area contributed by atoms with Crippen LogP contribution in [0.2, 0.25) is 0 Å². The van der Waals surface area contributed by atoms with Gasteiger partial charge in [0, 0.05) is 24.5 Å². The molecule has 2 nitrogen and oxygen atoms in total. The Morgan fingerprint density at radius 2 is 1.85 bits per heavy atom. The zero-order valence-corrected chi connectivity index (χ0v) is 12.1. The normalized spacial score (nSPS) is 10.7. The number of nitrogens with zero attached hydrogens (tertiary/aromatic N) is 1. The summed E-state index contributed by atoms with van der Waals surface area (Å²) >= 11 is 0. The van der Waals surface area contributed by atoms with E-state index >= 15 is 0 Å². The molecule has 2 rings (SSSR count). The molecule has 0 heterocycles. The Balaban J connectivity index is 2.22. The number of anilines is 1. The minimum absolute atomic E-state index is 0.686. The molecule has 0 spiro atoms. The maximum Gasteiger partial charge on any atom is 0.121 e. The molecule has 0 saturated heterocycles. The van der Waals surface area contributed by atoms with E-state index in [4.69, 9.17) is 4.74 Å². The van der Waals surface area contributed by atoms with E-state index in [1.54, 1.807) is 0 Å². The molecule has 0 unspecified atom stereocenters. The van der Waals surface area contributed by atoms with Crippen molar-refractivity contribution < 1.29 is 4.74 Å². The minimum Gasteiger partial charge on any atom is -0.494 e. The summed E-state index contributed by atoms with van der Waals surface area (Å²) in [5.74, 6) is 0.910. The first-order chi connectivity index (χ1) is 9.83. The van der Waals surface area contributed by atoms with E-state index in [-0.39, 0.29) is 0 Å². The average Bonchev–Trinajstić information content (AvgIpc) is 2.49. The highest BCUT2D eigenvalue weighted by molar-refractivity contribution is 5.53. The summed E-state index contributed by atoms with van der Waals surface area (Å²) in [6.07, 6.45) is 4.15. The van der Waals surface area contributed by atoms with Crippen LogP contribution in [0.25, 0.3) is 0 Å². The van der Waals surface area contributed by atoms with Crippen molar-refractivity contribution in [2.75, 3.05) is 11.5 Å². The predicted molar refractivity (Wildman–Crippen MR) is 85.1 cm³/mol. The maximum atomic E-state index is 5.57. The molecule has 0 saturated carbocycles. The summed E-state index contributed by atoms with van der Waals surface area (Å²) in [4.78, 5) is 2.22. The van der Waals surface area contributed by atoms with E-state index in [9.17, 15) is 0 Å². The van der Waals surface area contributed by atoms with Crippen LogP contribution in [0, 0.1) is 0 Å². The average molecular weight is 267 g/mol. The molecule has 20 heavy (non-hydrogen) atoms. The van der Waals surface area contributed by atoms with Gasteiger partial charge in [0.15, 0.2) is 0 Å². The maximum absolute atomic E-state index is 5.57. The van der Waals surface area contributed by atoms with Crippen molar-refractivity contribution in [1.29, 1.82) is 0 Å². The zero-order valence-electron chi connectivity index (χ0n) is 12.1. The van der Waals surface area contributed by atoms with Crippen LogP contribution in [-0.4, -0.2) is 6.61 Å². The number of hydrogen-bond acceptors (Lipinski definition) is 2. The number of ether oxygens (including phenoxy) is 1. The van der Waals surface area contributed by atoms with Gasteiger partial charge in [-0.1, -0.05) is 42.5 Å². The highest BCUT2D eigenvalue weighted by Gasteiger charge is 2.05. The summed E-state index contributed by atoms with van der Waals surface area (Å²) in [6.45, 7) is 5.57. The molecular weight excluding hydrogens is 246 g/mol. The van der Waals surface area contributed by atoms with E-state index < -0.39 is 0 Å². The van der Waals surface area contributed by atoms with Crippen molar-refractivity contribution in [3.05, 3.63) is 72.4 Å². The highest BCUT2D eigenvalue weighted by Crippen LogP contribution is 2.23. The molecule has 104 valence electrons. The molecule has 0 aliphatic carbocycles. The lowest BCUT2D eigenvalue weighted by molar-refractivity contribution is 0.340. The van der Waals surface area contributed by atoms with Crippen LogP contribution >= 0.6 is 0 Å². The monoisotopic (exact) mass is 267 g/mol. The SMILES string of the molecule is CC=CN(Cc1ccccc1)c1cccc(OCC)c1. The largest absolute Gasteiger partial charge is 0.494 e. The molecule has 0 atom stereocenters. The van der Waals surface area contributed by atoms with Gasteiger partial charge in [0.2, 0.25) is 0 Å². The summed E-state index contributed by atoms with van der Waals surface area (Å²) in [5.41, 5.74) is 2.42. The fraction of sp³-hybridized carbons (Fsp3) is 0.222. The van der Waals surface area contributed by atoms with Gasteiger partial charge < -0.3 is 9.64 Å². The zero-order chi connectivity index (χ0) is 14.2. The van der Waals surface area contributed by atoms with E-state index in [0.717, 1.165) is 18.0 Å². The molecule has 0 fully saturated rings. The Labute approximate surface area is 121 Å². The first kappa shape index (κ1) is 14.2. The molecule has 0 N–H and O–H groups in total. The van der Waals surface area contributed by atoms with Gasteiger partial charge in [-0.25, -0.2) is 0 Å². The second kappa shape index (κ2) is 7.39. The van der Waals surface area contributed by atoms with Crippen LogP contribution in [0.4, 0.5) is 5.69 Å². The highest BCUT2D eigenvalue weighted by atomic mass is 16.5. The molecule has 2 aromatic carbocycles. The lowest BCUT2D eigenvalue weighted by Gasteiger charge is -2.21. The van der Waals surface area contributed by atoms with E-state index in [1.807, 2.05) is 32.0 Å². The molecule has 0 aromatic heterocycles. The van der Waals surface area contributed by atoms with Crippen LogP contribution in [-0.2, 0) is 6.54 Å². The van der Waals surface area contributed by atoms with Gasteiger partial charge >= 0.3 is 0 Å². The molecule has 0 bridgehead atoms. The van der Waals surface area contributed by atoms with Crippen LogP contribution in [0.1, 0.15) is 19.4 Å². The van der Waals surface area contributed by atoms with E-state index in [0.29, 0.717) is 6.61 Å². The summed E-state index contributed by atoms with van der Waals surface area (Å²) in [5, 5.41) is 0. The fourth-order valence-corrected chi connectivity index (χ4v) is 2.11. The van der Waals surface area contributed by atoms with Crippen molar-refractivity contribution in [2.45, 2.75) is 20.4 Å². The van der Waals surface area contributed by atoms with Gasteiger partial charge in [0.05, 0.1) is 6.61 Å². The lowest BCUT2D eigenvalue weighted by Crippen LogP contribution is -2.15. The second-order valence-corrected chi connectivity index (χ2v) is 4.53. The van der Waals surface area contributed by atoms with Gasteiger partial charge in [0.1, 0.15) is 5.75 Å².